The van der Waals surface area contributed by atoms with Crippen molar-refractivity contribution in [1.82, 2.24) is 29.4 Å². The van der Waals surface area contributed by atoms with Gasteiger partial charge in [0, 0.05) is 12.6 Å². The summed E-state index contributed by atoms with van der Waals surface area (Å²) in [5, 5.41) is 14.1. The Hall–Kier alpha value is -3.17. The quantitative estimate of drug-likeness (QED) is 0.595. The van der Waals surface area contributed by atoms with Crippen LogP contribution in [0.15, 0.2) is 24.3 Å². The first-order chi connectivity index (χ1) is 12.8. The molecule has 0 saturated heterocycles. The first-order valence-electron chi connectivity index (χ1n) is 8.21. The molecule has 0 aliphatic carbocycles. The van der Waals surface area contributed by atoms with Gasteiger partial charge in [0.15, 0.2) is 11.5 Å². The summed E-state index contributed by atoms with van der Waals surface area (Å²) in [4.78, 5) is 4.55. The molecule has 0 aliphatic rings. The zero-order chi connectivity index (χ0) is 19.3. The minimum Gasteiger partial charge on any atom is -0.361 e. The normalized spacial score (nSPS) is 12.2. The van der Waals surface area contributed by atoms with Crippen molar-refractivity contribution in [1.29, 1.82) is 0 Å². The van der Waals surface area contributed by atoms with Crippen LogP contribution in [0.2, 0.25) is 0 Å². The molecule has 0 saturated carbocycles. The predicted octanol–water partition coefficient (Wildman–Crippen LogP) is 3.26. The van der Waals surface area contributed by atoms with E-state index in [0.29, 0.717) is 23.5 Å². The van der Waals surface area contributed by atoms with Crippen LogP contribution in [-0.2, 0) is 19.8 Å². The fourth-order valence-corrected chi connectivity index (χ4v) is 2.99. The Kier molecular flexibility index (Phi) is 3.79. The minimum absolute atomic E-state index is 0.0908. The molecule has 140 valence electrons. The van der Waals surface area contributed by atoms with Crippen molar-refractivity contribution in [2.45, 2.75) is 26.6 Å². The first-order valence-corrected chi connectivity index (χ1v) is 8.21. The van der Waals surface area contributed by atoms with Gasteiger partial charge in [0.1, 0.15) is 5.82 Å². The summed E-state index contributed by atoms with van der Waals surface area (Å²) < 4.78 is 42.1. The van der Waals surface area contributed by atoms with Crippen molar-refractivity contribution in [3.63, 3.8) is 0 Å². The Labute approximate surface area is 151 Å². The van der Waals surface area contributed by atoms with E-state index in [2.05, 4.69) is 25.6 Å². The second-order valence-corrected chi connectivity index (χ2v) is 6.28. The average Bonchev–Trinajstić information content (AvgIpc) is 3.19. The summed E-state index contributed by atoms with van der Waals surface area (Å²) in [5.41, 5.74) is 3.21. The minimum atomic E-state index is -4.64. The summed E-state index contributed by atoms with van der Waals surface area (Å²) in [6, 6.07) is 7.69. The molecule has 3 aromatic heterocycles. The second-order valence-electron chi connectivity index (χ2n) is 6.28. The highest BCUT2D eigenvalue weighted by Crippen LogP contribution is 2.29. The summed E-state index contributed by atoms with van der Waals surface area (Å²) >= 11 is 0. The molecule has 0 amide bonds. The van der Waals surface area contributed by atoms with E-state index in [1.54, 1.807) is 13.8 Å². The van der Waals surface area contributed by atoms with E-state index in [-0.39, 0.29) is 5.65 Å². The number of aromatic nitrogens is 6. The molecule has 4 aromatic rings. The van der Waals surface area contributed by atoms with E-state index in [0.717, 1.165) is 21.4 Å². The van der Waals surface area contributed by atoms with Gasteiger partial charge < -0.3 is 9.88 Å². The maximum absolute atomic E-state index is 13.1. The average molecular weight is 375 g/mol. The molecule has 1 aromatic carbocycles. The molecular formula is C17H16F3N7. The van der Waals surface area contributed by atoms with Gasteiger partial charge in [-0.15, -0.1) is 15.3 Å². The lowest BCUT2D eigenvalue weighted by molar-refractivity contribution is -0.146. The van der Waals surface area contributed by atoms with Crippen LogP contribution in [-0.4, -0.2) is 29.4 Å². The molecule has 0 unspecified atom stereocenters. The van der Waals surface area contributed by atoms with E-state index in [4.69, 9.17) is 0 Å². The molecule has 3 heterocycles. The summed E-state index contributed by atoms with van der Waals surface area (Å²) in [5.74, 6) is -0.0707. The van der Waals surface area contributed by atoms with Crippen LogP contribution in [0.3, 0.4) is 0 Å². The zero-order valence-electron chi connectivity index (χ0n) is 14.8. The van der Waals surface area contributed by atoms with E-state index in [1.807, 2.05) is 35.9 Å². The summed E-state index contributed by atoms with van der Waals surface area (Å²) in [7, 11) is 1.89. The number of fused-ring (bicyclic) bond motifs is 2. The highest BCUT2D eigenvalue weighted by molar-refractivity contribution is 5.75. The van der Waals surface area contributed by atoms with E-state index < -0.39 is 12.0 Å². The number of rotatable bonds is 3. The largest absolute Gasteiger partial charge is 0.453 e. The third kappa shape index (κ3) is 2.77. The first kappa shape index (κ1) is 17.3. The van der Waals surface area contributed by atoms with E-state index in [9.17, 15) is 13.2 Å². The van der Waals surface area contributed by atoms with E-state index in [1.165, 1.54) is 0 Å². The van der Waals surface area contributed by atoms with Crippen molar-refractivity contribution in [3.8, 4) is 0 Å². The number of aryl methyl sites for hydroxylation is 2. The number of halogens is 3. The topological polar surface area (TPSA) is 72.9 Å². The lowest BCUT2D eigenvalue weighted by Gasteiger charge is -2.12. The van der Waals surface area contributed by atoms with Crippen LogP contribution >= 0.6 is 0 Å². The van der Waals surface area contributed by atoms with Crippen molar-refractivity contribution < 1.29 is 13.2 Å². The standard InChI is InChI=1S/C17H16F3N7/c1-9-10(2)15-23-24-16(17(18,19)20)27(15)25-14(9)21-8-13-22-11-6-4-5-7-12(11)26(13)3/h4-7H,8H2,1-3H3,(H,21,25). The molecule has 1 N–H and O–H groups in total. The predicted molar refractivity (Wildman–Crippen MR) is 93.3 cm³/mol. The maximum Gasteiger partial charge on any atom is 0.453 e. The van der Waals surface area contributed by atoms with Gasteiger partial charge in [0.2, 0.25) is 0 Å². The summed E-state index contributed by atoms with van der Waals surface area (Å²) in [6.07, 6.45) is -4.64. The third-order valence-electron chi connectivity index (χ3n) is 4.64. The molecule has 10 heteroatoms. The second kappa shape index (κ2) is 5.93. The number of alkyl halides is 3. The Morgan fingerprint density at radius 1 is 1.07 bits per heavy atom. The van der Waals surface area contributed by atoms with Gasteiger partial charge in [-0.1, -0.05) is 12.1 Å². The van der Waals surface area contributed by atoms with Gasteiger partial charge in [-0.3, -0.25) is 0 Å². The maximum atomic E-state index is 13.1. The molecule has 0 radical (unpaired) electrons. The van der Waals surface area contributed by atoms with Gasteiger partial charge in [0.05, 0.1) is 17.6 Å². The molecule has 4 rings (SSSR count). The summed E-state index contributed by atoms with van der Waals surface area (Å²) in [6.45, 7) is 3.79. The van der Waals surface area contributed by atoms with Gasteiger partial charge in [-0.2, -0.15) is 17.7 Å². The fourth-order valence-electron chi connectivity index (χ4n) is 2.99. The lowest BCUT2D eigenvalue weighted by atomic mass is 10.2. The Balaban J connectivity index is 1.73. The number of nitrogens with zero attached hydrogens (tertiary/aromatic N) is 6. The van der Waals surface area contributed by atoms with Gasteiger partial charge in [-0.05, 0) is 31.5 Å². The monoisotopic (exact) mass is 375 g/mol. The van der Waals surface area contributed by atoms with Crippen molar-refractivity contribution in [2.24, 2.45) is 7.05 Å². The molecule has 0 atom stereocenters. The third-order valence-corrected chi connectivity index (χ3v) is 4.64. The Morgan fingerprint density at radius 2 is 1.81 bits per heavy atom. The Bertz CT molecular complexity index is 1160. The van der Waals surface area contributed by atoms with Crippen LogP contribution in [0.1, 0.15) is 22.8 Å². The number of para-hydroxylation sites is 2. The number of imidazole rings is 1. The number of hydrogen-bond acceptors (Lipinski definition) is 5. The van der Waals surface area contributed by atoms with Gasteiger partial charge in [-0.25, -0.2) is 4.98 Å². The highest BCUT2D eigenvalue weighted by atomic mass is 19.4. The molecule has 27 heavy (non-hydrogen) atoms. The Morgan fingerprint density at radius 3 is 2.52 bits per heavy atom. The van der Waals surface area contributed by atoms with Crippen LogP contribution in [0.5, 0.6) is 0 Å². The lowest BCUT2D eigenvalue weighted by Crippen LogP contribution is -2.15. The van der Waals surface area contributed by atoms with Crippen LogP contribution < -0.4 is 5.32 Å². The van der Waals surface area contributed by atoms with Crippen LogP contribution in [0.25, 0.3) is 16.7 Å². The van der Waals surface area contributed by atoms with Gasteiger partial charge in [0.25, 0.3) is 5.82 Å². The molecule has 7 nitrogen and oxygen atoms in total. The molecule has 0 aliphatic heterocycles. The smallest absolute Gasteiger partial charge is 0.361 e. The SMILES string of the molecule is Cc1c(NCc2nc3ccccc3n2C)nn2c(C(F)(F)F)nnc2c1C. The number of anilines is 1. The zero-order valence-corrected chi connectivity index (χ0v) is 14.8. The van der Waals surface area contributed by atoms with Crippen LogP contribution in [0.4, 0.5) is 19.0 Å². The molecular weight excluding hydrogens is 359 g/mol. The van der Waals surface area contributed by atoms with Crippen molar-refractivity contribution in [3.05, 3.63) is 47.0 Å². The highest BCUT2D eigenvalue weighted by Gasteiger charge is 2.38. The number of nitrogens with one attached hydrogen (secondary N) is 1. The molecule has 0 spiro atoms. The van der Waals surface area contributed by atoms with E-state index >= 15 is 0 Å². The van der Waals surface area contributed by atoms with Crippen molar-refractivity contribution in [2.75, 3.05) is 5.32 Å². The molecule has 0 fully saturated rings. The fraction of sp³-hybridized carbons (Fsp3) is 0.294. The number of hydrogen-bond donors (Lipinski definition) is 1. The molecule has 0 bridgehead atoms. The van der Waals surface area contributed by atoms with Crippen LogP contribution in [0, 0.1) is 13.8 Å². The van der Waals surface area contributed by atoms with Gasteiger partial charge >= 0.3 is 6.18 Å². The van der Waals surface area contributed by atoms with Crippen molar-refractivity contribution >= 4 is 22.5 Å². The number of benzene rings is 1.